The summed E-state index contributed by atoms with van der Waals surface area (Å²) in [7, 11) is 1.56. The molecule has 3 rings (SSSR count). The summed E-state index contributed by atoms with van der Waals surface area (Å²) < 4.78 is 5.26. The van der Waals surface area contributed by atoms with Gasteiger partial charge in [0.15, 0.2) is 0 Å². The van der Waals surface area contributed by atoms with E-state index in [9.17, 15) is 9.59 Å². The molecule has 0 radical (unpaired) electrons. The monoisotopic (exact) mass is 296 g/mol. The fourth-order valence-corrected chi connectivity index (χ4v) is 2.48. The number of ether oxygens (including phenoxy) is 1. The van der Waals surface area contributed by atoms with E-state index in [-0.39, 0.29) is 11.8 Å². The Morgan fingerprint density at radius 2 is 2.05 bits per heavy atom. The highest BCUT2D eigenvalue weighted by molar-refractivity contribution is 6.07. The maximum atomic E-state index is 12.4. The lowest BCUT2D eigenvalue weighted by atomic mass is 10.1. The lowest BCUT2D eigenvalue weighted by Gasteiger charge is -2.11. The number of methoxy groups -OCH3 is 1. The van der Waals surface area contributed by atoms with E-state index in [1.165, 1.54) is 0 Å². The molecule has 1 aliphatic heterocycles. The van der Waals surface area contributed by atoms with Gasteiger partial charge in [0.1, 0.15) is 5.75 Å². The minimum atomic E-state index is -0.231. The SMILES string of the molecule is COc1ccc(C)cc1NC(=O)c1ccc2c(c1)CC(=O)N2. The molecule has 5 heteroatoms. The van der Waals surface area contributed by atoms with E-state index < -0.39 is 0 Å². The molecule has 0 aromatic heterocycles. The van der Waals surface area contributed by atoms with E-state index in [0.717, 1.165) is 16.8 Å². The van der Waals surface area contributed by atoms with Gasteiger partial charge in [-0.2, -0.15) is 0 Å². The predicted octanol–water partition coefficient (Wildman–Crippen LogP) is 2.75. The lowest BCUT2D eigenvalue weighted by molar-refractivity contribution is -0.115. The Morgan fingerprint density at radius 1 is 1.23 bits per heavy atom. The number of nitrogens with one attached hydrogen (secondary N) is 2. The van der Waals surface area contributed by atoms with Crippen molar-refractivity contribution in [1.82, 2.24) is 0 Å². The molecule has 2 aromatic carbocycles. The maximum absolute atomic E-state index is 12.4. The van der Waals surface area contributed by atoms with Crippen molar-refractivity contribution in [3.8, 4) is 5.75 Å². The smallest absolute Gasteiger partial charge is 0.255 e. The zero-order valence-electron chi connectivity index (χ0n) is 12.4. The molecule has 0 bridgehead atoms. The second kappa shape index (κ2) is 5.52. The molecule has 22 heavy (non-hydrogen) atoms. The highest BCUT2D eigenvalue weighted by atomic mass is 16.5. The van der Waals surface area contributed by atoms with Gasteiger partial charge in [-0.1, -0.05) is 6.07 Å². The fraction of sp³-hybridized carbons (Fsp3) is 0.176. The van der Waals surface area contributed by atoms with Crippen LogP contribution in [-0.4, -0.2) is 18.9 Å². The summed E-state index contributed by atoms with van der Waals surface area (Å²) in [5, 5.41) is 5.60. The summed E-state index contributed by atoms with van der Waals surface area (Å²) in [5.41, 5.74) is 3.78. The third-order valence-electron chi connectivity index (χ3n) is 3.60. The van der Waals surface area contributed by atoms with Crippen LogP contribution < -0.4 is 15.4 Å². The van der Waals surface area contributed by atoms with Crippen LogP contribution in [0.2, 0.25) is 0 Å². The minimum Gasteiger partial charge on any atom is -0.495 e. The van der Waals surface area contributed by atoms with Crippen LogP contribution in [0, 0.1) is 6.92 Å². The van der Waals surface area contributed by atoms with Gasteiger partial charge in [-0.3, -0.25) is 9.59 Å². The van der Waals surface area contributed by atoms with Crippen LogP contribution in [0.25, 0.3) is 0 Å². The molecular formula is C17H16N2O3. The molecule has 1 aliphatic rings. The quantitative estimate of drug-likeness (QED) is 0.915. The Morgan fingerprint density at radius 3 is 2.82 bits per heavy atom. The molecule has 2 aromatic rings. The van der Waals surface area contributed by atoms with Gasteiger partial charge >= 0.3 is 0 Å². The van der Waals surface area contributed by atoms with Crippen LogP contribution >= 0.6 is 0 Å². The number of hydrogen-bond donors (Lipinski definition) is 2. The normalized spacial score (nSPS) is 12.5. The van der Waals surface area contributed by atoms with Gasteiger partial charge < -0.3 is 15.4 Å². The van der Waals surface area contributed by atoms with E-state index in [0.29, 0.717) is 23.4 Å². The van der Waals surface area contributed by atoms with Gasteiger partial charge in [-0.15, -0.1) is 0 Å². The second-order valence-corrected chi connectivity index (χ2v) is 5.25. The first-order valence-corrected chi connectivity index (χ1v) is 6.95. The summed E-state index contributed by atoms with van der Waals surface area (Å²) >= 11 is 0. The number of benzene rings is 2. The van der Waals surface area contributed by atoms with Crippen molar-refractivity contribution in [2.24, 2.45) is 0 Å². The molecule has 0 unspecified atom stereocenters. The van der Waals surface area contributed by atoms with Crippen molar-refractivity contribution in [2.75, 3.05) is 17.7 Å². The van der Waals surface area contributed by atoms with E-state index in [1.807, 2.05) is 25.1 Å². The molecule has 0 saturated carbocycles. The van der Waals surface area contributed by atoms with E-state index in [4.69, 9.17) is 4.74 Å². The van der Waals surface area contributed by atoms with Crippen LogP contribution in [0.4, 0.5) is 11.4 Å². The zero-order valence-corrected chi connectivity index (χ0v) is 12.4. The van der Waals surface area contributed by atoms with Crippen molar-refractivity contribution in [3.05, 3.63) is 53.1 Å². The Kier molecular flexibility index (Phi) is 3.55. The molecular weight excluding hydrogens is 280 g/mol. The molecule has 0 saturated heterocycles. The Hall–Kier alpha value is -2.82. The molecule has 1 heterocycles. The number of rotatable bonds is 3. The highest BCUT2D eigenvalue weighted by Crippen LogP contribution is 2.27. The van der Waals surface area contributed by atoms with Gasteiger partial charge in [-0.25, -0.2) is 0 Å². The van der Waals surface area contributed by atoms with Crippen molar-refractivity contribution < 1.29 is 14.3 Å². The first kappa shape index (κ1) is 14.1. The Bertz CT molecular complexity index is 768. The van der Waals surface area contributed by atoms with Gasteiger partial charge in [0.05, 0.1) is 19.2 Å². The fourth-order valence-electron chi connectivity index (χ4n) is 2.48. The molecule has 2 amide bonds. The largest absolute Gasteiger partial charge is 0.495 e. The van der Waals surface area contributed by atoms with Crippen LogP contribution in [0.15, 0.2) is 36.4 Å². The van der Waals surface area contributed by atoms with Crippen LogP contribution in [0.1, 0.15) is 21.5 Å². The van der Waals surface area contributed by atoms with Gasteiger partial charge in [0, 0.05) is 11.3 Å². The summed E-state index contributed by atoms with van der Waals surface area (Å²) in [4.78, 5) is 23.8. The van der Waals surface area contributed by atoms with Gasteiger partial charge in [0.2, 0.25) is 5.91 Å². The van der Waals surface area contributed by atoms with Crippen molar-refractivity contribution in [2.45, 2.75) is 13.3 Å². The third-order valence-corrected chi connectivity index (χ3v) is 3.60. The van der Waals surface area contributed by atoms with Gasteiger partial charge in [-0.05, 0) is 48.4 Å². The number of carbonyl (C=O) groups excluding carboxylic acids is 2. The molecule has 5 nitrogen and oxygen atoms in total. The number of hydrogen-bond acceptors (Lipinski definition) is 3. The van der Waals surface area contributed by atoms with Crippen LogP contribution in [-0.2, 0) is 11.2 Å². The van der Waals surface area contributed by atoms with Crippen LogP contribution in [0.3, 0.4) is 0 Å². The zero-order chi connectivity index (χ0) is 15.7. The summed E-state index contributed by atoms with van der Waals surface area (Å²) in [6.45, 7) is 1.95. The average Bonchev–Trinajstić information content (AvgIpc) is 2.86. The maximum Gasteiger partial charge on any atom is 0.255 e. The first-order valence-electron chi connectivity index (χ1n) is 6.95. The molecule has 0 atom stereocenters. The average molecular weight is 296 g/mol. The number of amides is 2. The number of anilines is 2. The number of aryl methyl sites for hydroxylation is 1. The van der Waals surface area contributed by atoms with Crippen molar-refractivity contribution in [3.63, 3.8) is 0 Å². The first-order chi connectivity index (χ1) is 10.6. The molecule has 2 N–H and O–H groups in total. The minimum absolute atomic E-state index is 0.0482. The summed E-state index contributed by atoms with van der Waals surface area (Å²) in [5.74, 6) is 0.330. The topological polar surface area (TPSA) is 67.4 Å². The van der Waals surface area contributed by atoms with Crippen LogP contribution in [0.5, 0.6) is 5.75 Å². The highest BCUT2D eigenvalue weighted by Gasteiger charge is 2.19. The van der Waals surface area contributed by atoms with E-state index in [2.05, 4.69) is 10.6 Å². The third kappa shape index (κ3) is 2.65. The molecule has 112 valence electrons. The Balaban J connectivity index is 1.85. The standard InChI is InChI=1S/C17H16N2O3/c1-10-3-6-15(22-2)14(7-10)19-17(21)11-4-5-13-12(8-11)9-16(20)18-13/h3-8H,9H2,1-2H3,(H,18,20)(H,19,21). The van der Waals surface area contributed by atoms with E-state index >= 15 is 0 Å². The molecule has 0 aliphatic carbocycles. The molecule has 0 fully saturated rings. The lowest BCUT2D eigenvalue weighted by Crippen LogP contribution is -2.13. The second-order valence-electron chi connectivity index (χ2n) is 5.25. The van der Waals surface area contributed by atoms with E-state index in [1.54, 1.807) is 25.3 Å². The summed E-state index contributed by atoms with van der Waals surface area (Å²) in [6.07, 6.45) is 0.310. The van der Waals surface area contributed by atoms with Crippen molar-refractivity contribution >= 4 is 23.2 Å². The Labute approximate surface area is 128 Å². The summed E-state index contributed by atoms with van der Waals surface area (Å²) in [6, 6.07) is 10.8. The predicted molar refractivity (Wildman–Crippen MR) is 84.5 cm³/mol. The van der Waals surface area contributed by atoms with Crippen molar-refractivity contribution in [1.29, 1.82) is 0 Å². The number of fused-ring (bicyclic) bond motifs is 1. The van der Waals surface area contributed by atoms with Gasteiger partial charge in [0.25, 0.3) is 5.91 Å². The number of carbonyl (C=O) groups is 2. The molecule has 0 spiro atoms.